The molecule has 0 aliphatic heterocycles. The summed E-state index contributed by atoms with van der Waals surface area (Å²) in [4.78, 5) is 0. The minimum atomic E-state index is 0.243. The topological polar surface area (TPSA) is 43.6 Å². The number of hydrogen-bond acceptors (Lipinski definition) is 4. The maximum absolute atomic E-state index is 4.17. The molecule has 22 heavy (non-hydrogen) atoms. The molecule has 0 fully saturated rings. The lowest BCUT2D eigenvalue weighted by molar-refractivity contribution is 0.754. The molecule has 0 N–H and O–H groups in total. The molecule has 3 aromatic rings. The first-order chi connectivity index (χ1) is 10.9. The van der Waals surface area contributed by atoms with Gasteiger partial charge in [-0.2, -0.15) is 4.68 Å². The number of para-hydroxylation sites is 1. The highest BCUT2D eigenvalue weighted by atomic mass is 32.2. The third-order valence-corrected chi connectivity index (χ3v) is 4.46. The van der Waals surface area contributed by atoms with Crippen LogP contribution in [0.2, 0.25) is 0 Å². The van der Waals surface area contributed by atoms with Crippen molar-refractivity contribution in [2.75, 3.05) is 0 Å². The Morgan fingerprint density at radius 1 is 1.05 bits per heavy atom. The monoisotopic (exact) mass is 308 g/mol. The van der Waals surface area contributed by atoms with E-state index in [9.17, 15) is 0 Å². The zero-order chi connectivity index (χ0) is 15.2. The predicted molar refractivity (Wildman–Crippen MR) is 89.0 cm³/mol. The van der Waals surface area contributed by atoms with Crippen LogP contribution < -0.4 is 0 Å². The molecule has 0 amide bonds. The maximum Gasteiger partial charge on any atom is 0.214 e. The van der Waals surface area contributed by atoms with Crippen LogP contribution in [0.5, 0.6) is 0 Å². The lowest BCUT2D eigenvalue weighted by atomic mass is 10.1. The van der Waals surface area contributed by atoms with E-state index in [0.717, 1.165) is 17.3 Å². The quantitative estimate of drug-likeness (QED) is 0.508. The van der Waals surface area contributed by atoms with Gasteiger partial charge in [0, 0.05) is 5.25 Å². The van der Waals surface area contributed by atoms with Crippen LogP contribution in [0.3, 0.4) is 0 Å². The Bertz CT molecular complexity index is 725. The van der Waals surface area contributed by atoms with Crippen molar-refractivity contribution in [3.8, 4) is 5.69 Å². The number of allylic oxidation sites excluding steroid dienone is 1. The van der Waals surface area contributed by atoms with Gasteiger partial charge in [-0.05, 0) is 34.5 Å². The molecule has 0 bridgehead atoms. The molecular weight excluding hydrogens is 292 g/mol. The number of nitrogens with zero attached hydrogens (tertiary/aromatic N) is 4. The van der Waals surface area contributed by atoms with Crippen LogP contribution in [-0.2, 0) is 0 Å². The molecule has 1 atom stereocenters. The van der Waals surface area contributed by atoms with Crippen molar-refractivity contribution in [1.82, 2.24) is 20.2 Å². The van der Waals surface area contributed by atoms with Gasteiger partial charge in [0.2, 0.25) is 5.16 Å². The zero-order valence-corrected chi connectivity index (χ0v) is 12.9. The molecule has 0 saturated heterocycles. The second-order valence-corrected chi connectivity index (χ2v) is 5.92. The van der Waals surface area contributed by atoms with Crippen molar-refractivity contribution in [3.63, 3.8) is 0 Å². The highest BCUT2D eigenvalue weighted by molar-refractivity contribution is 7.99. The Hall–Kier alpha value is -2.40. The standard InChI is InChI=1S/C17H16N4S/c1-2-9-16(14-10-5-3-6-11-14)22-17-18-19-20-21(17)15-12-7-4-8-13-15/h2-8,10-13,16H,1,9H2. The molecule has 0 aliphatic carbocycles. The Morgan fingerprint density at radius 2 is 1.73 bits per heavy atom. The minimum Gasteiger partial charge on any atom is -0.187 e. The number of thioether (sulfide) groups is 1. The molecule has 110 valence electrons. The number of hydrogen-bond donors (Lipinski definition) is 0. The fourth-order valence-electron chi connectivity index (χ4n) is 2.18. The van der Waals surface area contributed by atoms with Gasteiger partial charge in [-0.3, -0.25) is 0 Å². The van der Waals surface area contributed by atoms with Gasteiger partial charge in [0.1, 0.15) is 0 Å². The van der Waals surface area contributed by atoms with Gasteiger partial charge in [-0.1, -0.05) is 66.4 Å². The summed E-state index contributed by atoms with van der Waals surface area (Å²) in [6.45, 7) is 3.86. The van der Waals surface area contributed by atoms with E-state index in [1.54, 1.807) is 16.4 Å². The highest BCUT2D eigenvalue weighted by Crippen LogP contribution is 2.37. The summed E-state index contributed by atoms with van der Waals surface area (Å²) < 4.78 is 1.77. The maximum atomic E-state index is 4.17. The molecule has 1 unspecified atom stereocenters. The van der Waals surface area contributed by atoms with E-state index in [1.165, 1.54) is 5.56 Å². The second kappa shape index (κ2) is 7.04. The molecule has 0 radical (unpaired) electrons. The van der Waals surface area contributed by atoms with Crippen LogP contribution in [0.4, 0.5) is 0 Å². The van der Waals surface area contributed by atoms with Crippen molar-refractivity contribution < 1.29 is 0 Å². The minimum absolute atomic E-state index is 0.243. The van der Waals surface area contributed by atoms with E-state index >= 15 is 0 Å². The van der Waals surface area contributed by atoms with Crippen LogP contribution in [0.25, 0.3) is 5.69 Å². The average Bonchev–Trinajstić information content (AvgIpc) is 3.04. The normalized spacial score (nSPS) is 12.0. The zero-order valence-electron chi connectivity index (χ0n) is 12.0. The van der Waals surface area contributed by atoms with Gasteiger partial charge < -0.3 is 0 Å². The molecule has 4 nitrogen and oxygen atoms in total. The molecule has 1 aromatic heterocycles. The molecule has 0 aliphatic rings. The third kappa shape index (κ3) is 3.26. The van der Waals surface area contributed by atoms with E-state index < -0.39 is 0 Å². The van der Waals surface area contributed by atoms with E-state index in [1.807, 2.05) is 54.6 Å². The SMILES string of the molecule is C=CCC(Sc1nnnn1-c1ccccc1)c1ccccc1. The van der Waals surface area contributed by atoms with E-state index in [-0.39, 0.29) is 5.25 Å². The van der Waals surface area contributed by atoms with Crippen LogP contribution in [-0.4, -0.2) is 20.2 Å². The largest absolute Gasteiger partial charge is 0.214 e. The summed E-state index contributed by atoms with van der Waals surface area (Å²) in [6, 6.07) is 20.3. The molecular formula is C17H16N4S. The van der Waals surface area contributed by atoms with Gasteiger partial charge in [-0.15, -0.1) is 11.7 Å². The lowest BCUT2D eigenvalue weighted by Crippen LogP contribution is -2.01. The third-order valence-electron chi connectivity index (χ3n) is 3.24. The van der Waals surface area contributed by atoms with E-state index in [4.69, 9.17) is 0 Å². The van der Waals surface area contributed by atoms with Crippen molar-refractivity contribution in [2.45, 2.75) is 16.8 Å². The van der Waals surface area contributed by atoms with Crippen LogP contribution in [0, 0.1) is 0 Å². The first-order valence-electron chi connectivity index (χ1n) is 7.05. The summed E-state index contributed by atoms with van der Waals surface area (Å²) in [5, 5.41) is 13.1. The average molecular weight is 308 g/mol. The van der Waals surface area contributed by atoms with Gasteiger partial charge in [0.15, 0.2) is 0 Å². The summed E-state index contributed by atoms with van der Waals surface area (Å²) in [6.07, 6.45) is 2.79. The van der Waals surface area contributed by atoms with Crippen molar-refractivity contribution in [1.29, 1.82) is 0 Å². The van der Waals surface area contributed by atoms with E-state index in [2.05, 4.69) is 34.2 Å². The fraction of sp³-hybridized carbons (Fsp3) is 0.118. The molecule has 2 aromatic carbocycles. The van der Waals surface area contributed by atoms with E-state index in [0.29, 0.717) is 0 Å². The number of tetrazole rings is 1. The molecule has 0 spiro atoms. The number of aromatic nitrogens is 4. The van der Waals surface area contributed by atoms with Crippen molar-refractivity contribution in [2.24, 2.45) is 0 Å². The number of rotatable bonds is 6. The highest BCUT2D eigenvalue weighted by Gasteiger charge is 2.17. The molecule has 0 saturated carbocycles. The Labute approximate surface area is 133 Å². The predicted octanol–water partition coefficient (Wildman–Crippen LogP) is 4.07. The van der Waals surface area contributed by atoms with Crippen LogP contribution >= 0.6 is 11.8 Å². The Balaban J connectivity index is 1.88. The molecule has 5 heteroatoms. The van der Waals surface area contributed by atoms with Gasteiger partial charge in [0.25, 0.3) is 0 Å². The summed E-state index contributed by atoms with van der Waals surface area (Å²) in [5.41, 5.74) is 2.20. The Kier molecular flexibility index (Phi) is 4.65. The van der Waals surface area contributed by atoms with Crippen molar-refractivity contribution >= 4 is 11.8 Å². The first kappa shape index (κ1) is 14.5. The molecule has 3 rings (SSSR count). The second-order valence-electron chi connectivity index (χ2n) is 4.75. The Morgan fingerprint density at radius 3 is 2.41 bits per heavy atom. The fourth-order valence-corrected chi connectivity index (χ4v) is 3.29. The summed E-state index contributed by atoms with van der Waals surface area (Å²) >= 11 is 1.65. The number of benzene rings is 2. The van der Waals surface area contributed by atoms with Gasteiger partial charge in [-0.25, -0.2) is 0 Å². The van der Waals surface area contributed by atoms with Crippen LogP contribution in [0.1, 0.15) is 17.2 Å². The summed E-state index contributed by atoms with van der Waals surface area (Å²) in [5.74, 6) is 0. The lowest BCUT2D eigenvalue weighted by Gasteiger charge is -2.14. The van der Waals surface area contributed by atoms with Gasteiger partial charge >= 0.3 is 0 Å². The first-order valence-corrected chi connectivity index (χ1v) is 7.93. The van der Waals surface area contributed by atoms with Crippen molar-refractivity contribution in [3.05, 3.63) is 78.9 Å². The molecule has 1 heterocycles. The van der Waals surface area contributed by atoms with Crippen LogP contribution in [0.15, 0.2) is 78.5 Å². The van der Waals surface area contributed by atoms with Gasteiger partial charge in [0.05, 0.1) is 5.69 Å². The summed E-state index contributed by atoms with van der Waals surface area (Å²) in [7, 11) is 0. The smallest absolute Gasteiger partial charge is 0.187 e.